The number of benzene rings is 1. The summed E-state index contributed by atoms with van der Waals surface area (Å²) in [6.07, 6.45) is 0.223. The molecule has 1 aromatic rings. The minimum atomic E-state index is -0.442. The molecule has 5 heteroatoms. The SMILES string of the molecule is Cc1ccc(NC2CC(=O)N(C)C2=O)cc1Br. The maximum Gasteiger partial charge on any atom is 0.251 e. The maximum atomic E-state index is 11.7. The first-order valence-electron chi connectivity index (χ1n) is 5.32. The maximum absolute atomic E-state index is 11.7. The number of likely N-dealkylation sites (N-methyl/N-ethyl adjacent to an activating group) is 1. The number of aryl methyl sites for hydroxylation is 1. The fourth-order valence-corrected chi connectivity index (χ4v) is 2.13. The Balaban J connectivity index is 2.14. The molecule has 0 spiro atoms. The molecule has 0 aromatic heterocycles. The van der Waals surface area contributed by atoms with Gasteiger partial charge in [-0.2, -0.15) is 0 Å². The molecule has 1 fully saturated rings. The first-order chi connectivity index (χ1) is 7.99. The van der Waals surface area contributed by atoms with Crippen molar-refractivity contribution < 1.29 is 9.59 Å². The minimum absolute atomic E-state index is 0.140. The standard InChI is InChI=1S/C12H13BrN2O2/c1-7-3-4-8(5-9(7)13)14-10-6-11(16)15(2)12(10)17/h3-5,10,14H,6H2,1-2H3. The van der Waals surface area contributed by atoms with E-state index >= 15 is 0 Å². The number of nitrogens with one attached hydrogen (secondary N) is 1. The van der Waals surface area contributed by atoms with Gasteiger partial charge in [-0.05, 0) is 24.6 Å². The number of carbonyl (C=O) groups is 2. The normalized spacial score (nSPS) is 19.9. The van der Waals surface area contributed by atoms with E-state index in [1.165, 1.54) is 11.9 Å². The molecule has 1 N–H and O–H groups in total. The van der Waals surface area contributed by atoms with E-state index in [9.17, 15) is 9.59 Å². The van der Waals surface area contributed by atoms with Crippen LogP contribution >= 0.6 is 15.9 Å². The predicted octanol–water partition coefficient (Wildman–Crippen LogP) is 1.93. The molecule has 1 aliphatic heterocycles. The van der Waals surface area contributed by atoms with Crippen LogP contribution in [0, 0.1) is 6.92 Å². The van der Waals surface area contributed by atoms with Crippen molar-refractivity contribution in [3.8, 4) is 0 Å². The highest BCUT2D eigenvalue weighted by Crippen LogP contribution is 2.23. The summed E-state index contributed by atoms with van der Waals surface area (Å²) in [6, 6.07) is 5.32. The van der Waals surface area contributed by atoms with E-state index in [4.69, 9.17) is 0 Å². The molecule has 1 aliphatic rings. The second kappa shape index (κ2) is 4.49. The molecule has 0 aliphatic carbocycles. The predicted molar refractivity (Wildman–Crippen MR) is 68.7 cm³/mol. The Morgan fingerprint density at radius 1 is 1.41 bits per heavy atom. The molecule has 1 heterocycles. The second-order valence-electron chi connectivity index (χ2n) is 4.16. The van der Waals surface area contributed by atoms with Crippen LogP contribution in [0.2, 0.25) is 0 Å². The van der Waals surface area contributed by atoms with Crippen LogP contribution in [0.15, 0.2) is 22.7 Å². The van der Waals surface area contributed by atoms with Gasteiger partial charge in [0.1, 0.15) is 6.04 Å². The quantitative estimate of drug-likeness (QED) is 0.849. The van der Waals surface area contributed by atoms with Crippen LogP contribution in [0.5, 0.6) is 0 Å². The van der Waals surface area contributed by atoms with Gasteiger partial charge in [-0.1, -0.05) is 22.0 Å². The smallest absolute Gasteiger partial charge is 0.251 e. The van der Waals surface area contributed by atoms with Crippen molar-refractivity contribution in [1.82, 2.24) is 4.90 Å². The number of hydrogen-bond donors (Lipinski definition) is 1. The third kappa shape index (κ3) is 2.34. The van der Waals surface area contributed by atoms with Gasteiger partial charge in [-0.3, -0.25) is 14.5 Å². The summed E-state index contributed by atoms with van der Waals surface area (Å²) >= 11 is 3.43. The molecule has 0 bridgehead atoms. The third-order valence-electron chi connectivity index (χ3n) is 2.89. The van der Waals surface area contributed by atoms with Gasteiger partial charge in [-0.15, -0.1) is 0 Å². The molecule has 90 valence electrons. The Hall–Kier alpha value is -1.36. The van der Waals surface area contributed by atoms with Gasteiger partial charge in [0.05, 0.1) is 6.42 Å². The van der Waals surface area contributed by atoms with Crippen molar-refractivity contribution in [3.63, 3.8) is 0 Å². The van der Waals surface area contributed by atoms with Gasteiger partial charge in [0.2, 0.25) is 5.91 Å². The number of imide groups is 1. The van der Waals surface area contributed by atoms with Crippen LogP contribution in [0.3, 0.4) is 0 Å². The highest BCUT2D eigenvalue weighted by Gasteiger charge is 2.35. The van der Waals surface area contributed by atoms with Gasteiger partial charge in [0, 0.05) is 17.2 Å². The first kappa shape index (κ1) is 12.1. The molecular formula is C12H13BrN2O2. The zero-order valence-electron chi connectivity index (χ0n) is 9.66. The average molecular weight is 297 g/mol. The molecule has 1 unspecified atom stereocenters. The summed E-state index contributed by atoms with van der Waals surface area (Å²) in [7, 11) is 1.51. The van der Waals surface area contributed by atoms with Gasteiger partial charge in [-0.25, -0.2) is 0 Å². The lowest BCUT2D eigenvalue weighted by molar-refractivity contribution is -0.136. The van der Waals surface area contributed by atoms with Crippen molar-refractivity contribution >= 4 is 33.4 Å². The minimum Gasteiger partial charge on any atom is -0.373 e. The van der Waals surface area contributed by atoms with E-state index in [2.05, 4.69) is 21.2 Å². The zero-order valence-corrected chi connectivity index (χ0v) is 11.2. The van der Waals surface area contributed by atoms with Crippen molar-refractivity contribution in [3.05, 3.63) is 28.2 Å². The lowest BCUT2D eigenvalue weighted by atomic mass is 10.2. The highest BCUT2D eigenvalue weighted by molar-refractivity contribution is 9.10. The van der Waals surface area contributed by atoms with Crippen LogP contribution in [0.1, 0.15) is 12.0 Å². The van der Waals surface area contributed by atoms with Crippen LogP contribution in [0.4, 0.5) is 5.69 Å². The first-order valence-corrected chi connectivity index (χ1v) is 6.11. The summed E-state index contributed by atoms with van der Waals surface area (Å²) in [5, 5.41) is 3.08. The van der Waals surface area contributed by atoms with Gasteiger partial charge < -0.3 is 5.32 Å². The number of hydrogen-bond acceptors (Lipinski definition) is 3. The Labute approximate surface area is 108 Å². The number of halogens is 1. The summed E-state index contributed by atoms with van der Waals surface area (Å²) in [5.41, 5.74) is 1.96. The van der Waals surface area contributed by atoms with E-state index in [-0.39, 0.29) is 18.2 Å². The van der Waals surface area contributed by atoms with E-state index in [1.807, 2.05) is 25.1 Å². The van der Waals surface area contributed by atoms with Gasteiger partial charge in [0.25, 0.3) is 5.91 Å². The van der Waals surface area contributed by atoms with Crippen molar-refractivity contribution in [1.29, 1.82) is 0 Å². The van der Waals surface area contributed by atoms with Crippen molar-refractivity contribution in [2.24, 2.45) is 0 Å². The zero-order chi connectivity index (χ0) is 12.6. The van der Waals surface area contributed by atoms with E-state index in [0.29, 0.717) is 0 Å². The van der Waals surface area contributed by atoms with Gasteiger partial charge >= 0.3 is 0 Å². The summed E-state index contributed by atoms with van der Waals surface area (Å²) in [6.45, 7) is 1.99. The molecule has 2 rings (SSSR count). The number of amides is 2. The Kier molecular flexibility index (Phi) is 3.19. The fourth-order valence-electron chi connectivity index (χ4n) is 1.75. The molecule has 0 saturated carbocycles. The summed E-state index contributed by atoms with van der Waals surface area (Å²) < 4.78 is 0.979. The largest absolute Gasteiger partial charge is 0.373 e. The lowest BCUT2D eigenvalue weighted by Crippen LogP contribution is -2.31. The third-order valence-corrected chi connectivity index (χ3v) is 3.75. The second-order valence-corrected chi connectivity index (χ2v) is 5.01. The number of rotatable bonds is 2. The van der Waals surface area contributed by atoms with Gasteiger partial charge in [0.15, 0.2) is 0 Å². The molecule has 0 radical (unpaired) electrons. The van der Waals surface area contributed by atoms with E-state index in [0.717, 1.165) is 15.7 Å². The average Bonchev–Trinajstić information content (AvgIpc) is 2.52. The molecule has 2 amide bonds. The number of likely N-dealkylation sites (tertiary alicyclic amines) is 1. The van der Waals surface area contributed by atoms with Crippen LogP contribution in [-0.2, 0) is 9.59 Å². The molecule has 1 atom stereocenters. The highest BCUT2D eigenvalue weighted by atomic mass is 79.9. The lowest BCUT2D eigenvalue weighted by Gasteiger charge is -2.13. The molecule has 1 aromatic carbocycles. The number of anilines is 1. The summed E-state index contributed by atoms with van der Waals surface area (Å²) in [5.74, 6) is -0.314. The van der Waals surface area contributed by atoms with Crippen molar-refractivity contribution in [2.45, 2.75) is 19.4 Å². The van der Waals surface area contributed by atoms with E-state index < -0.39 is 6.04 Å². The van der Waals surface area contributed by atoms with Crippen LogP contribution in [-0.4, -0.2) is 29.8 Å². The summed E-state index contributed by atoms with van der Waals surface area (Å²) in [4.78, 5) is 24.2. The molecular weight excluding hydrogens is 284 g/mol. The number of carbonyl (C=O) groups excluding carboxylic acids is 2. The molecule has 1 saturated heterocycles. The Morgan fingerprint density at radius 3 is 2.65 bits per heavy atom. The van der Waals surface area contributed by atoms with Crippen LogP contribution in [0.25, 0.3) is 0 Å². The van der Waals surface area contributed by atoms with Crippen molar-refractivity contribution in [2.75, 3.05) is 12.4 Å². The number of nitrogens with zero attached hydrogens (tertiary/aromatic N) is 1. The molecule has 4 nitrogen and oxygen atoms in total. The molecule has 17 heavy (non-hydrogen) atoms. The Morgan fingerprint density at radius 2 is 2.12 bits per heavy atom. The van der Waals surface area contributed by atoms with E-state index in [1.54, 1.807) is 0 Å². The monoisotopic (exact) mass is 296 g/mol. The fraction of sp³-hybridized carbons (Fsp3) is 0.333. The van der Waals surface area contributed by atoms with Crippen LogP contribution < -0.4 is 5.32 Å². The topological polar surface area (TPSA) is 49.4 Å². The Bertz CT molecular complexity index is 487.